The molecular weight excluding hydrogens is 316 g/mol. The normalized spacial score (nSPS) is 25.1. The predicted octanol–water partition coefficient (Wildman–Crippen LogP) is 2.63. The molecule has 1 saturated heterocycles. The number of fused-ring (bicyclic) bond motifs is 1. The van der Waals surface area contributed by atoms with Crippen molar-refractivity contribution in [2.75, 3.05) is 19.7 Å². The summed E-state index contributed by atoms with van der Waals surface area (Å²) in [6.45, 7) is 3.95. The van der Waals surface area contributed by atoms with E-state index in [0.717, 1.165) is 23.7 Å². The highest BCUT2D eigenvalue weighted by Crippen LogP contribution is 2.51. The number of aliphatic hydroxyl groups excluding tert-OH is 1. The van der Waals surface area contributed by atoms with Gasteiger partial charge in [0.2, 0.25) is 0 Å². The van der Waals surface area contributed by atoms with Crippen molar-refractivity contribution in [3.8, 4) is 0 Å². The van der Waals surface area contributed by atoms with Crippen molar-refractivity contribution in [2.45, 2.75) is 38.4 Å². The van der Waals surface area contributed by atoms with Gasteiger partial charge in [-0.3, -0.25) is 4.79 Å². The van der Waals surface area contributed by atoms with Crippen LogP contribution in [0.3, 0.4) is 0 Å². The summed E-state index contributed by atoms with van der Waals surface area (Å²) in [5, 5.41) is 11.3. The number of pyridine rings is 1. The van der Waals surface area contributed by atoms with Crippen LogP contribution in [0.15, 0.2) is 36.4 Å². The first-order valence-electron chi connectivity index (χ1n) is 9.09. The van der Waals surface area contributed by atoms with Crippen molar-refractivity contribution < 1.29 is 14.6 Å². The summed E-state index contributed by atoms with van der Waals surface area (Å²) in [6.07, 6.45) is 2.12. The van der Waals surface area contributed by atoms with Crippen LogP contribution in [0.1, 0.15) is 36.7 Å². The van der Waals surface area contributed by atoms with Crippen LogP contribution >= 0.6 is 0 Å². The van der Waals surface area contributed by atoms with Gasteiger partial charge in [0.25, 0.3) is 5.91 Å². The van der Waals surface area contributed by atoms with Crippen LogP contribution in [0.4, 0.5) is 0 Å². The van der Waals surface area contributed by atoms with Gasteiger partial charge in [0.15, 0.2) is 0 Å². The number of ether oxygens (including phenoxy) is 1. The van der Waals surface area contributed by atoms with Gasteiger partial charge in [-0.25, -0.2) is 4.98 Å². The van der Waals surface area contributed by atoms with Gasteiger partial charge >= 0.3 is 0 Å². The molecule has 0 bridgehead atoms. The average Bonchev–Trinajstić information content (AvgIpc) is 2.67. The van der Waals surface area contributed by atoms with E-state index in [-0.39, 0.29) is 23.5 Å². The van der Waals surface area contributed by atoms with Gasteiger partial charge in [-0.05, 0) is 31.9 Å². The van der Waals surface area contributed by atoms with Crippen molar-refractivity contribution in [3.05, 3.63) is 42.1 Å². The Balaban J connectivity index is 1.47. The number of aromatic nitrogens is 1. The molecule has 4 rings (SSSR count). The minimum atomic E-state index is -0.305. The Hall–Kier alpha value is -1.98. The third-order valence-corrected chi connectivity index (χ3v) is 5.91. The lowest BCUT2D eigenvalue weighted by Crippen LogP contribution is -2.62. The minimum absolute atomic E-state index is 0.0256. The monoisotopic (exact) mass is 340 g/mol. The van der Waals surface area contributed by atoms with E-state index in [4.69, 9.17) is 4.74 Å². The van der Waals surface area contributed by atoms with Crippen LogP contribution < -0.4 is 0 Å². The Morgan fingerprint density at radius 3 is 2.76 bits per heavy atom. The van der Waals surface area contributed by atoms with Crippen LogP contribution in [0.2, 0.25) is 0 Å². The number of benzene rings is 1. The Kier molecular flexibility index (Phi) is 4.21. The molecular formula is C20H24N2O3. The second kappa shape index (κ2) is 6.39. The Morgan fingerprint density at radius 1 is 1.28 bits per heavy atom. The molecule has 2 aliphatic rings. The van der Waals surface area contributed by atoms with Gasteiger partial charge in [-0.15, -0.1) is 0 Å². The summed E-state index contributed by atoms with van der Waals surface area (Å²) in [5.41, 5.74) is 1.17. The topological polar surface area (TPSA) is 62.7 Å². The first kappa shape index (κ1) is 16.5. The molecule has 1 aromatic carbocycles. The van der Waals surface area contributed by atoms with E-state index in [0.29, 0.717) is 31.8 Å². The zero-order chi connectivity index (χ0) is 17.4. The second-order valence-electron chi connectivity index (χ2n) is 7.11. The lowest BCUT2D eigenvalue weighted by molar-refractivity contribution is -0.207. The maximum Gasteiger partial charge on any atom is 0.272 e. The highest BCUT2D eigenvalue weighted by molar-refractivity contribution is 5.95. The molecule has 2 fully saturated rings. The standard InChI is InChI=1S/C20H24N2O3/c1-2-25-18-13-17(23)20(18)9-11-22(12-10-20)19(24)16-8-7-14-5-3-4-6-15(14)21-16/h3-8,17-18,23H,2,9-13H2,1H3. The number of likely N-dealkylation sites (tertiary alicyclic amines) is 1. The molecule has 1 aromatic heterocycles. The fourth-order valence-electron chi connectivity index (χ4n) is 4.29. The summed E-state index contributed by atoms with van der Waals surface area (Å²) in [5.74, 6) is -0.0256. The van der Waals surface area contributed by atoms with E-state index in [1.54, 1.807) is 6.07 Å². The van der Waals surface area contributed by atoms with Crippen molar-refractivity contribution >= 4 is 16.8 Å². The van der Waals surface area contributed by atoms with E-state index in [1.165, 1.54) is 0 Å². The molecule has 1 N–H and O–H groups in total. The molecule has 2 heterocycles. The Morgan fingerprint density at radius 2 is 2.04 bits per heavy atom. The molecule has 25 heavy (non-hydrogen) atoms. The number of aliphatic hydroxyl groups is 1. The SMILES string of the molecule is CCOC1CC(O)C12CCN(C(=O)c1ccc3ccccc3n1)CC2. The predicted molar refractivity (Wildman–Crippen MR) is 95.4 cm³/mol. The highest BCUT2D eigenvalue weighted by atomic mass is 16.5. The molecule has 132 valence electrons. The van der Waals surface area contributed by atoms with Crippen molar-refractivity contribution in [1.29, 1.82) is 0 Å². The number of amides is 1. The molecule has 1 aliphatic carbocycles. The molecule has 5 nitrogen and oxygen atoms in total. The summed E-state index contributed by atoms with van der Waals surface area (Å²) >= 11 is 0. The summed E-state index contributed by atoms with van der Waals surface area (Å²) in [4.78, 5) is 19.2. The number of para-hydroxylation sites is 1. The van der Waals surface area contributed by atoms with Gasteiger partial charge < -0.3 is 14.7 Å². The van der Waals surface area contributed by atoms with E-state index >= 15 is 0 Å². The van der Waals surface area contributed by atoms with Crippen molar-refractivity contribution in [3.63, 3.8) is 0 Å². The summed E-state index contributed by atoms with van der Waals surface area (Å²) in [7, 11) is 0. The zero-order valence-corrected chi connectivity index (χ0v) is 14.5. The fraction of sp³-hybridized carbons (Fsp3) is 0.500. The molecule has 1 amide bonds. The number of rotatable bonds is 3. The molecule has 1 aliphatic heterocycles. The molecule has 2 aromatic rings. The second-order valence-corrected chi connectivity index (χ2v) is 7.11. The fourth-order valence-corrected chi connectivity index (χ4v) is 4.29. The largest absolute Gasteiger partial charge is 0.392 e. The number of carbonyl (C=O) groups excluding carboxylic acids is 1. The van der Waals surface area contributed by atoms with Gasteiger partial charge in [0.05, 0.1) is 17.7 Å². The first-order valence-corrected chi connectivity index (χ1v) is 9.09. The molecule has 0 radical (unpaired) electrons. The third kappa shape index (κ3) is 2.71. The van der Waals surface area contributed by atoms with Gasteiger partial charge in [0, 0.05) is 36.9 Å². The van der Waals surface area contributed by atoms with Crippen LogP contribution in [0, 0.1) is 5.41 Å². The maximum atomic E-state index is 12.8. The lowest BCUT2D eigenvalue weighted by atomic mass is 9.58. The average molecular weight is 340 g/mol. The molecule has 1 saturated carbocycles. The van der Waals surface area contributed by atoms with E-state index in [1.807, 2.05) is 42.2 Å². The maximum absolute atomic E-state index is 12.8. The first-order chi connectivity index (χ1) is 12.1. The van der Waals surface area contributed by atoms with E-state index in [2.05, 4.69) is 4.98 Å². The van der Waals surface area contributed by atoms with E-state index < -0.39 is 0 Å². The smallest absolute Gasteiger partial charge is 0.272 e. The highest BCUT2D eigenvalue weighted by Gasteiger charge is 2.56. The number of hydrogen-bond donors (Lipinski definition) is 1. The minimum Gasteiger partial charge on any atom is -0.392 e. The van der Waals surface area contributed by atoms with Gasteiger partial charge in [0.1, 0.15) is 5.69 Å². The summed E-state index contributed by atoms with van der Waals surface area (Å²) in [6, 6.07) is 11.6. The Labute approximate surface area is 147 Å². The molecule has 2 atom stereocenters. The van der Waals surface area contributed by atoms with E-state index in [9.17, 15) is 9.90 Å². The van der Waals surface area contributed by atoms with Crippen LogP contribution in [0.25, 0.3) is 10.9 Å². The third-order valence-electron chi connectivity index (χ3n) is 5.91. The quantitative estimate of drug-likeness (QED) is 0.933. The van der Waals surface area contributed by atoms with Crippen molar-refractivity contribution in [1.82, 2.24) is 9.88 Å². The van der Waals surface area contributed by atoms with Crippen molar-refractivity contribution in [2.24, 2.45) is 5.41 Å². The zero-order valence-electron chi connectivity index (χ0n) is 14.5. The summed E-state index contributed by atoms with van der Waals surface area (Å²) < 4.78 is 5.79. The van der Waals surface area contributed by atoms with Crippen LogP contribution in [-0.4, -0.2) is 52.8 Å². The number of hydrogen-bond acceptors (Lipinski definition) is 4. The lowest BCUT2D eigenvalue weighted by Gasteiger charge is -2.56. The molecule has 1 spiro atoms. The molecule has 5 heteroatoms. The number of carbonyl (C=O) groups is 1. The van der Waals surface area contributed by atoms with Gasteiger partial charge in [-0.2, -0.15) is 0 Å². The van der Waals surface area contributed by atoms with Gasteiger partial charge in [-0.1, -0.05) is 24.3 Å². The Bertz CT molecular complexity index is 781. The number of nitrogens with zero attached hydrogens (tertiary/aromatic N) is 2. The number of piperidine rings is 1. The van der Waals surface area contributed by atoms with Crippen LogP contribution in [-0.2, 0) is 4.74 Å². The van der Waals surface area contributed by atoms with Crippen LogP contribution in [0.5, 0.6) is 0 Å². The molecule has 2 unspecified atom stereocenters.